The van der Waals surface area contributed by atoms with E-state index in [2.05, 4.69) is 20.5 Å². The number of nitrogens with one attached hydrogen (secondary N) is 1. The number of alkyl halides is 6. The molecule has 0 saturated carbocycles. The number of thioether (sulfide) groups is 1. The molecule has 0 saturated heterocycles. The Morgan fingerprint density at radius 1 is 1.23 bits per heavy atom. The van der Waals surface area contributed by atoms with Crippen LogP contribution in [0, 0.1) is 0 Å². The molecule has 1 amide bonds. The molecule has 0 aliphatic heterocycles. The van der Waals surface area contributed by atoms with Crippen LogP contribution in [0.3, 0.4) is 0 Å². The summed E-state index contributed by atoms with van der Waals surface area (Å²) >= 11 is 6.29. The summed E-state index contributed by atoms with van der Waals surface area (Å²) in [6.07, 6.45) is -8.84. The van der Waals surface area contributed by atoms with Crippen LogP contribution < -0.4 is 5.32 Å². The van der Waals surface area contributed by atoms with E-state index in [1.165, 1.54) is 0 Å². The third-order valence-corrected chi connectivity index (χ3v) is 4.16. The first-order valence-electron chi connectivity index (χ1n) is 6.51. The molecule has 2 aromatic heterocycles. The molecule has 0 spiro atoms. The van der Waals surface area contributed by atoms with Gasteiger partial charge in [0.1, 0.15) is 0 Å². The zero-order chi connectivity index (χ0) is 19.7. The molecule has 142 valence electrons. The molecule has 1 N–H and O–H groups in total. The zero-order valence-electron chi connectivity index (χ0n) is 12.6. The van der Waals surface area contributed by atoms with E-state index in [1.807, 2.05) is 0 Å². The minimum atomic E-state index is -4.69. The molecule has 0 aliphatic rings. The van der Waals surface area contributed by atoms with Crippen LogP contribution in [0.5, 0.6) is 0 Å². The molecule has 0 atom stereocenters. The summed E-state index contributed by atoms with van der Waals surface area (Å²) in [7, 11) is 1.08. The first-order valence-corrected chi connectivity index (χ1v) is 7.88. The fourth-order valence-electron chi connectivity index (χ4n) is 1.67. The van der Waals surface area contributed by atoms with Gasteiger partial charge in [0.25, 0.3) is 0 Å². The summed E-state index contributed by atoms with van der Waals surface area (Å²) in [5.74, 6) is -2.67. The lowest BCUT2D eigenvalue weighted by Crippen LogP contribution is -2.17. The van der Waals surface area contributed by atoms with E-state index < -0.39 is 34.7 Å². The summed E-state index contributed by atoms with van der Waals surface area (Å²) < 4.78 is 76.0. The van der Waals surface area contributed by atoms with Crippen LogP contribution in [0.1, 0.15) is 11.4 Å². The van der Waals surface area contributed by atoms with Gasteiger partial charge in [-0.3, -0.25) is 4.79 Å². The van der Waals surface area contributed by atoms with Crippen molar-refractivity contribution in [1.29, 1.82) is 0 Å². The minimum absolute atomic E-state index is 0.168. The Hall–Kier alpha value is -2.02. The largest absolute Gasteiger partial charge is 0.451 e. The highest BCUT2D eigenvalue weighted by Crippen LogP contribution is 2.32. The highest BCUT2D eigenvalue weighted by atomic mass is 35.5. The number of pyridine rings is 1. The first kappa shape index (κ1) is 20.3. The standard InChI is InChI=1S/C12H8ClF6N5OS/c1-24-9(12(17,18)19)22-23-10(24)26-4-7(25)21-8-6(13)2-5(3-20-8)11(14,15)16/h2-3H,4H2,1H3,(H,20,21,25). The Labute approximate surface area is 150 Å². The molecule has 14 heteroatoms. The van der Waals surface area contributed by atoms with Gasteiger partial charge in [0.05, 0.1) is 16.3 Å². The van der Waals surface area contributed by atoms with E-state index in [9.17, 15) is 31.1 Å². The molecule has 2 rings (SSSR count). The summed E-state index contributed by atoms with van der Waals surface area (Å²) in [4.78, 5) is 15.2. The van der Waals surface area contributed by atoms with Crippen LogP contribution in [0.2, 0.25) is 5.02 Å². The number of hydrogen-bond donors (Lipinski definition) is 1. The Balaban J connectivity index is 2.01. The molecule has 0 fully saturated rings. The number of carbonyl (C=O) groups is 1. The van der Waals surface area contributed by atoms with Gasteiger partial charge in [-0.1, -0.05) is 23.4 Å². The van der Waals surface area contributed by atoms with Crippen molar-refractivity contribution in [3.05, 3.63) is 28.7 Å². The van der Waals surface area contributed by atoms with E-state index in [0.717, 1.165) is 7.05 Å². The molecule has 26 heavy (non-hydrogen) atoms. The molecule has 0 radical (unpaired) electrons. The van der Waals surface area contributed by atoms with Gasteiger partial charge in [-0.15, -0.1) is 10.2 Å². The van der Waals surface area contributed by atoms with Crippen LogP contribution in [-0.4, -0.2) is 31.4 Å². The van der Waals surface area contributed by atoms with Gasteiger partial charge < -0.3 is 9.88 Å². The van der Waals surface area contributed by atoms with Gasteiger partial charge in [-0.2, -0.15) is 26.3 Å². The lowest BCUT2D eigenvalue weighted by Gasteiger charge is -2.10. The Morgan fingerprint density at radius 3 is 2.38 bits per heavy atom. The van der Waals surface area contributed by atoms with Crippen LogP contribution in [0.25, 0.3) is 0 Å². The maximum absolute atomic E-state index is 12.6. The summed E-state index contributed by atoms with van der Waals surface area (Å²) in [6.45, 7) is 0. The quantitative estimate of drug-likeness (QED) is 0.605. The number of hydrogen-bond acceptors (Lipinski definition) is 5. The topological polar surface area (TPSA) is 72.7 Å². The number of amides is 1. The van der Waals surface area contributed by atoms with Gasteiger partial charge >= 0.3 is 12.4 Å². The second-order valence-electron chi connectivity index (χ2n) is 4.75. The average Bonchev–Trinajstić information content (AvgIpc) is 2.87. The molecule has 0 aliphatic carbocycles. The molecule has 0 unspecified atom stereocenters. The number of nitrogens with zero attached hydrogens (tertiary/aromatic N) is 4. The fraction of sp³-hybridized carbons (Fsp3) is 0.333. The SMILES string of the molecule is Cn1c(SCC(=O)Nc2ncc(C(F)(F)F)cc2Cl)nnc1C(F)(F)F. The zero-order valence-corrected chi connectivity index (χ0v) is 14.2. The second kappa shape index (κ2) is 7.31. The number of rotatable bonds is 4. The number of carbonyl (C=O) groups excluding carboxylic acids is 1. The highest BCUT2D eigenvalue weighted by molar-refractivity contribution is 7.99. The molecular formula is C12H8ClF6N5OS. The molecule has 6 nitrogen and oxygen atoms in total. The van der Waals surface area contributed by atoms with Crippen molar-refractivity contribution in [1.82, 2.24) is 19.7 Å². The van der Waals surface area contributed by atoms with Crippen molar-refractivity contribution in [2.45, 2.75) is 17.5 Å². The van der Waals surface area contributed by atoms with Crippen molar-refractivity contribution < 1.29 is 31.1 Å². The predicted molar refractivity (Wildman–Crippen MR) is 79.6 cm³/mol. The second-order valence-corrected chi connectivity index (χ2v) is 6.10. The van der Waals surface area contributed by atoms with E-state index in [4.69, 9.17) is 11.6 Å². The van der Waals surface area contributed by atoms with Crippen LogP contribution in [0.4, 0.5) is 32.2 Å². The minimum Gasteiger partial charge on any atom is -0.309 e. The van der Waals surface area contributed by atoms with Crippen molar-refractivity contribution >= 4 is 35.1 Å². The predicted octanol–water partition coefficient (Wildman–Crippen LogP) is 3.63. The van der Waals surface area contributed by atoms with Crippen LogP contribution >= 0.6 is 23.4 Å². The Kier molecular flexibility index (Phi) is 5.70. The maximum atomic E-state index is 12.6. The monoisotopic (exact) mass is 419 g/mol. The van der Waals surface area contributed by atoms with E-state index in [1.54, 1.807) is 0 Å². The van der Waals surface area contributed by atoms with Crippen LogP contribution in [-0.2, 0) is 24.2 Å². The maximum Gasteiger partial charge on any atom is 0.451 e. The van der Waals surface area contributed by atoms with Crippen molar-refractivity contribution in [3.8, 4) is 0 Å². The Morgan fingerprint density at radius 2 is 1.88 bits per heavy atom. The van der Waals surface area contributed by atoms with Gasteiger partial charge in [0.15, 0.2) is 11.0 Å². The lowest BCUT2D eigenvalue weighted by atomic mass is 10.3. The van der Waals surface area contributed by atoms with E-state index in [0.29, 0.717) is 28.6 Å². The highest BCUT2D eigenvalue weighted by Gasteiger charge is 2.37. The van der Waals surface area contributed by atoms with Gasteiger partial charge in [-0.05, 0) is 6.07 Å². The number of halogens is 7. The van der Waals surface area contributed by atoms with Crippen molar-refractivity contribution in [3.63, 3.8) is 0 Å². The summed E-state index contributed by atoms with van der Waals surface area (Å²) in [5, 5.41) is 7.88. The fourth-order valence-corrected chi connectivity index (χ4v) is 2.60. The number of aromatic nitrogens is 4. The van der Waals surface area contributed by atoms with Gasteiger partial charge in [0.2, 0.25) is 11.7 Å². The Bertz CT molecular complexity index is 821. The summed E-state index contributed by atoms with van der Waals surface area (Å²) in [6, 6.07) is 0.593. The third-order valence-electron chi connectivity index (χ3n) is 2.85. The molecule has 0 bridgehead atoms. The van der Waals surface area contributed by atoms with Crippen molar-refractivity contribution in [2.24, 2.45) is 7.05 Å². The molecule has 0 aromatic carbocycles. The average molecular weight is 420 g/mol. The summed E-state index contributed by atoms with van der Waals surface area (Å²) in [5.41, 5.74) is -1.09. The molecular weight excluding hydrogens is 412 g/mol. The third kappa shape index (κ3) is 4.78. The smallest absolute Gasteiger partial charge is 0.309 e. The molecule has 2 heterocycles. The van der Waals surface area contributed by atoms with Crippen molar-refractivity contribution in [2.75, 3.05) is 11.1 Å². The van der Waals surface area contributed by atoms with E-state index in [-0.39, 0.29) is 16.7 Å². The van der Waals surface area contributed by atoms with Gasteiger partial charge in [0, 0.05) is 13.2 Å². The van der Waals surface area contributed by atoms with E-state index >= 15 is 0 Å². The van der Waals surface area contributed by atoms with Crippen LogP contribution in [0.15, 0.2) is 17.4 Å². The lowest BCUT2D eigenvalue weighted by molar-refractivity contribution is -0.147. The molecule has 2 aromatic rings. The number of anilines is 1. The first-order chi connectivity index (χ1) is 11.9. The van der Waals surface area contributed by atoms with Gasteiger partial charge in [-0.25, -0.2) is 4.98 Å². The normalized spacial score (nSPS) is 12.3.